The highest BCUT2D eigenvalue weighted by Crippen LogP contribution is 2.34. The van der Waals surface area contributed by atoms with Gasteiger partial charge in [-0.3, -0.25) is 14.2 Å². The Hall–Kier alpha value is -2.60. The highest BCUT2D eigenvalue weighted by molar-refractivity contribution is 7.99. The topological polar surface area (TPSA) is 89.8 Å². The summed E-state index contributed by atoms with van der Waals surface area (Å²) < 4.78 is 9.91. The number of benzene rings is 1. The second-order valence-corrected chi connectivity index (χ2v) is 9.62. The van der Waals surface area contributed by atoms with Crippen LogP contribution in [0.5, 0.6) is 0 Å². The van der Waals surface area contributed by atoms with Gasteiger partial charge in [-0.2, -0.15) is 8.75 Å². The first-order valence-corrected chi connectivity index (χ1v) is 12.3. The van der Waals surface area contributed by atoms with Gasteiger partial charge in [0.15, 0.2) is 5.16 Å². The lowest BCUT2D eigenvalue weighted by molar-refractivity contribution is -0.113. The Labute approximate surface area is 186 Å². The summed E-state index contributed by atoms with van der Waals surface area (Å²) in [5, 5.41) is 7.96. The monoisotopic (exact) mass is 471 g/mol. The molecule has 5 aromatic rings. The maximum atomic E-state index is 13.0. The van der Waals surface area contributed by atoms with Crippen molar-refractivity contribution >= 4 is 79.0 Å². The Morgan fingerprint density at radius 3 is 2.93 bits per heavy atom. The fraction of sp³-hybridized carbons (Fsp3) is 0.105. The van der Waals surface area contributed by atoms with Crippen LogP contribution >= 0.6 is 46.2 Å². The molecule has 0 aliphatic carbocycles. The van der Waals surface area contributed by atoms with Gasteiger partial charge in [-0.25, -0.2) is 4.98 Å². The van der Waals surface area contributed by atoms with Gasteiger partial charge in [-0.05, 0) is 23.6 Å². The number of hydrogen-bond acceptors (Lipinski definition) is 9. The summed E-state index contributed by atoms with van der Waals surface area (Å²) in [5.74, 6) is -0.0663. The molecular weight excluding hydrogens is 459 g/mol. The Balaban J connectivity index is 1.38. The molecule has 4 aromatic heterocycles. The molecule has 1 amide bonds. The molecule has 1 N–H and O–H groups in total. The molecule has 0 fully saturated rings. The summed E-state index contributed by atoms with van der Waals surface area (Å²) in [6.07, 6.45) is 0. The Kier molecular flexibility index (Phi) is 5.11. The number of anilines is 1. The van der Waals surface area contributed by atoms with Crippen molar-refractivity contribution in [1.29, 1.82) is 0 Å². The molecule has 150 valence electrons. The highest BCUT2D eigenvalue weighted by Gasteiger charge is 2.17. The van der Waals surface area contributed by atoms with E-state index in [0.717, 1.165) is 27.7 Å². The molecule has 30 heavy (non-hydrogen) atoms. The third kappa shape index (κ3) is 3.43. The number of nitrogens with one attached hydrogen (secondary N) is 1. The number of carbonyl (C=O) groups is 1. The van der Waals surface area contributed by atoms with Gasteiger partial charge in [0.1, 0.15) is 15.9 Å². The van der Waals surface area contributed by atoms with Crippen LogP contribution < -0.4 is 10.9 Å². The van der Waals surface area contributed by atoms with Gasteiger partial charge in [0.05, 0.1) is 28.6 Å². The van der Waals surface area contributed by atoms with Crippen molar-refractivity contribution in [3.05, 3.63) is 51.4 Å². The van der Waals surface area contributed by atoms with E-state index in [1.807, 2.05) is 35.0 Å². The van der Waals surface area contributed by atoms with Gasteiger partial charge >= 0.3 is 0 Å². The van der Waals surface area contributed by atoms with Crippen LogP contribution in [0.25, 0.3) is 31.7 Å². The number of amides is 1. The Morgan fingerprint density at radius 2 is 2.10 bits per heavy atom. The largest absolute Gasteiger partial charge is 0.323 e. The van der Waals surface area contributed by atoms with Crippen LogP contribution in [0, 0.1) is 0 Å². The van der Waals surface area contributed by atoms with Crippen molar-refractivity contribution in [2.75, 3.05) is 11.1 Å². The van der Waals surface area contributed by atoms with E-state index in [1.54, 1.807) is 24.5 Å². The second-order valence-electron chi connectivity index (χ2n) is 6.34. The molecule has 0 radical (unpaired) electrons. The summed E-state index contributed by atoms with van der Waals surface area (Å²) in [5.41, 5.74) is 2.86. The minimum absolute atomic E-state index is 0.106. The van der Waals surface area contributed by atoms with E-state index in [-0.39, 0.29) is 17.2 Å². The van der Waals surface area contributed by atoms with Crippen molar-refractivity contribution in [3.8, 4) is 10.4 Å². The van der Waals surface area contributed by atoms with Crippen LogP contribution in [0.2, 0.25) is 0 Å². The summed E-state index contributed by atoms with van der Waals surface area (Å²) >= 11 is 5.38. The molecule has 7 nitrogen and oxygen atoms in total. The standard InChI is InChI=1S/C19H13N5O2S4/c1-24-18(26)15-10(13-6-3-7-27-13)8-28-17(15)21-19(24)29-9-14(25)20-11-4-2-5-12-16(11)23-30-22-12/h2-8H,9H2,1H3,(H,20,25). The number of fused-ring (bicyclic) bond motifs is 2. The van der Waals surface area contributed by atoms with Gasteiger partial charge in [-0.1, -0.05) is 23.9 Å². The summed E-state index contributed by atoms with van der Waals surface area (Å²) in [6.45, 7) is 0. The number of hydrogen-bond donors (Lipinski definition) is 1. The lowest BCUT2D eigenvalue weighted by Crippen LogP contribution is -2.21. The van der Waals surface area contributed by atoms with E-state index >= 15 is 0 Å². The molecule has 1 aromatic carbocycles. The Bertz CT molecular complexity index is 1430. The van der Waals surface area contributed by atoms with Gasteiger partial charge in [0.2, 0.25) is 5.91 Å². The lowest BCUT2D eigenvalue weighted by atomic mass is 10.2. The second kappa shape index (κ2) is 7.91. The van der Waals surface area contributed by atoms with Crippen molar-refractivity contribution < 1.29 is 4.79 Å². The van der Waals surface area contributed by atoms with Crippen molar-refractivity contribution in [3.63, 3.8) is 0 Å². The van der Waals surface area contributed by atoms with Crippen LogP contribution in [-0.4, -0.2) is 30.0 Å². The normalized spacial score (nSPS) is 11.4. The smallest absolute Gasteiger partial charge is 0.263 e. The van der Waals surface area contributed by atoms with E-state index < -0.39 is 0 Å². The molecule has 0 unspecified atom stereocenters. The molecule has 0 spiro atoms. The van der Waals surface area contributed by atoms with Gasteiger partial charge in [0.25, 0.3) is 5.56 Å². The first-order chi connectivity index (χ1) is 14.6. The summed E-state index contributed by atoms with van der Waals surface area (Å²) in [4.78, 5) is 31.8. The predicted molar refractivity (Wildman–Crippen MR) is 125 cm³/mol. The van der Waals surface area contributed by atoms with E-state index in [2.05, 4.69) is 19.0 Å². The zero-order valence-electron chi connectivity index (χ0n) is 15.5. The Morgan fingerprint density at radius 1 is 1.20 bits per heavy atom. The van der Waals surface area contributed by atoms with Crippen molar-refractivity contribution in [2.24, 2.45) is 7.05 Å². The third-order valence-electron chi connectivity index (χ3n) is 4.45. The quantitative estimate of drug-likeness (QED) is 0.301. The van der Waals surface area contributed by atoms with Crippen LogP contribution in [-0.2, 0) is 11.8 Å². The average molecular weight is 472 g/mol. The van der Waals surface area contributed by atoms with Crippen LogP contribution in [0.4, 0.5) is 5.69 Å². The maximum Gasteiger partial charge on any atom is 0.263 e. The van der Waals surface area contributed by atoms with E-state index in [1.165, 1.54) is 27.7 Å². The summed E-state index contributed by atoms with van der Waals surface area (Å²) in [7, 11) is 1.69. The molecule has 0 saturated carbocycles. The third-order valence-corrected chi connectivity index (χ3v) is 7.80. The van der Waals surface area contributed by atoms with E-state index in [0.29, 0.717) is 26.6 Å². The highest BCUT2D eigenvalue weighted by atomic mass is 32.2. The maximum absolute atomic E-state index is 13.0. The minimum Gasteiger partial charge on any atom is -0.323 e. The predicted octanol–water partition coefficient (Wildman–Crippen LogP) is 4.46. The number of nitrogens with zero attached hydrogens (tertiary/aromatic N) is 4. The minimum atomic E-state index is -0.194. The van der Waals surface area contributed by atoms with Gasteiger partial charge in [0, 0.05) is 22.9 Å². The molecule has 5 rings (SSSR count). The fourth-order valence-electron chi connectivity index (χ4n) is 3.02. The van der Waals surface area contributed by atoms with E-state index in [4.69, 9.17) is 0 Å². The van der Waals surface area contributed by atoms with Gasteiger partial charge in [-0.15, -0.1) is 22.7 Å². The van der Waals surface area contributed by atoms with Crippen LogP contribution in [0.15, 0.2) is 51.0 Å². The zero-order chi connectivity index (χ0) is 20.7. The fourth-order valence-corrected chi connectivity index (χ4v) is 6.14. The molecule has 0 aliphatic heterocycles. The number of carbonyl (C=O) groups excluding carboxylic acids is 1. The molecule has 0 aliphatic rings. The van der Waals surface area contributed by atoms with Crippen molar-refractivity contribution in [2.45, 2.75) is 5.16 Å². The number of thioether (sulfide) groups is 1. The molecule has 11 heteroatoms. The number of rotatable bonds is 5. The number of aromatic nitrogens is 4. The molecule has 0 saturated heterocycles. The summed E-state index contributed by atoms with van der Waals surface area (Å²) in [6, 6.07) is 9.44. The van der Waals surface area contributed by atoms with Gasteiger partial charge < -0.3 is 5.32 Å². The molecule has 0 bridgehead atoms. The molecular formula is C19H13N5O2S4. The van der Waals surface area contributed by atoms with Crippen LogP contribution in [0.1, 0.15) is 0 Å². The molecule has 4 heterocycles. The first-order valence-electron chi connectivity index (χ1n) is 8.78. The van der Waals surface area contributed by atoms with Crippen molar-refractivity contribution in [1.82, 2.24) is 18.3 Å². The molecule has 0 atom stereocenters. The number of thiophene rings is 2. The zero-order valence-corrected chi connectivity index (χ0v) is 18.8. The average Bonchev–Trinajstić information content (AvgIpc) is 3.49. The SMILES string of the molecule is Cn1c(SCC(=O)Nc2cccc3nsnc23)nc2scc(-c3cccs3)c2c1=O. The first kappa shape index (κ1) is 19.4. The van der Waals surface area contributed by atoms with Crippen LogP contribution in [0.3, 0.4) is 0 Å². The van der Waals surface area contributed by atoms with E-state index in [9.17, 15) is 9.59 Å². The lowest BCUT2D eigenvalue weighted by Gasteiger charge is -2.08.